The summed E-state index contributed by atoms with van der Waals surface area (Å²) < 4.78 is 5.52. The number of anilines is 1. The largest absolute Gasteiger partial charge is 0.477 e. The number of aromatic carboxylic acids is 1. The van der Waals surface area contributed by atoms with E-state index in [1.807, 2.05) is 0 Å². The molecule has 2 aliphatic heterocycles. The number of hydrogen-bond acceptors (Lipinski definition) is 5. The van der Waals surface area contributed by atoms with Crippen LogP contribution in [-0.4, -0.2) is 54.4 Å². The van der Waals surface area contributed by atoms with E-state index in [0.717, 1.165) is 32.6 Å². The van der Waals surface area contributed by atoms with Crippen LogP contribution in [-0.2, 0) is 0 Å². The number of benzene rings is 1. The highest BCUT2D eigenvalue weighted by atomic mass is 35.5. The smallest absolute Gasteiger partial charge is 0.343 e. The number of halogens is 1. The molecule has 2 fully saturated rings. The minimum absolute atomic E-state index is 0.0924. The Kier molecular flexibility index (Phi) is 4.24. The summed E-state index contributed by atoms with van der Waals surface area (Å²) in [5, 5.41) is 14.7. The molecule has 6 nitrogen and oxygen atoms in total. The highest BCUT2D eigenvalue weighted by Gasteiger charge is 2.48. The van der Waals surface area contributed by atoms with E-state index in [1.54, 1.807) is 24.3 Å². The number of nitrogens with zero attached hydrogens (tertiary/aromatic N) is 3. The Bertz CT molecular complexity index is 861. The Morgan fingerprint density at radius 3 is 2.30 bits per heavy atom. The van der Waals surface area contributed by atoms with Crippen LogP contribution in [0.1, 0.15) is 30.6 Å². The molecular formula is C20H24ClN3O3. The van der Waals surface area contributed by atoms with Crippen molar-refractivity contribution in [2.45, 2.75) is 20.3 Å². The van der Waals surface area contributed by atoms with E-state index in [1.165, 1.54) is 0 Å². The Hall–Kier alpha value is -2.05. The van der Waals surface area contributed by atoms with Crippen LogP contribution in [0.5, 0.6) is 0 Å². The van der Waals surface area contributed by atoms with Gasteiger partial charge in [-0.2, -0.15) is 0 Å². The molecule has 2 unspecified atom stereocenters. The molecule has 0 spiro atoms. The van der Waals surface area contributed by atoms with Crippen LogP contribution >= 0.6 is 11.6 Å². The highest BCUT2D eigenvalue weighted by molar-refractivity contribution is 6.30. The fourth-order valence-corrected chi connectivity index (χ4v) is 5.45. The van der Waals surface area contributed by atoms with Crippen LogP contribution in [0, 0.1) is 10.8 Å². The Balaban J connectivity index is 1.74. The number of carboxylic acids is 1. The minimum Gasteiger partial charge on any atom is -0.477 e. The molecule has 3 heterocycles. The zero-order valence-corrected chi connectivity index (χ0v) is 16.6. The number of rotatable bonds is 3. The van der Waals surface area contributed by atoms with E-state index in [9.17, 15) is 9.90 Å². The number of hydrogen-bond donors (Lipinski definition) is 1. The lowest BCUT2D eigenvalue weighted by atomic mass is 9.65. The van der Waals surface area contributed by atoms with Crippen LogP contribution in [0.4, 0.5) is 5.82 Å². The number of fused-ring (bicyclic) bond motifs is 2. The van der Waals surface area contributed by atoms with Gasteiger partial charge in [-0.05, 0) is 48.6 Å². The second-order valence-corrected chi connectivity index (χ2v) is 9.29. The SMILES string of the molecule is CN1CC2(C)CN(c3noc(-c4ccc(Cl)cc4)c3C(=O)O)CC(C)(C1)C2. The molecule has 2 aliphatic rings. The lowest BCUT2D eigenvalue weighted by molar-refractivity contribution is 0.00478. The number of piperidine rings is 2. The zero-order chi connectivity index (χ0) is 19.4. The molecule has 2 saturated heterocycles. The summed E-state index contributed by atoms with van der Waals surface area (Å²) in [5.41, 5.74) is 0.965. The summed E-state index contributed by atoms with van der Waals surface area (Å²) in [7, 11) is 2.16. The van der Waals surface area contributed by atoms with Gasteiger partial charge in [0.05, 0.1) is 0 Å². The molecule has 27 heavy (non-hydrogen) atoms. The average Bonchev–Trinajstić information content (AvgIpc) is 2.97. The van der Waals surface area contributed by atoms with Crippen molar-refractivity contribution in [3.8, 4) is 11.3 Å². The van der Waals surface area contributed by atoms with Crippen LogP contribution in [0.25, 0.3) is 11.3 Å². The fraction of sp³-hybridized carbons (Fsp3) is 0.500. The van der Waals surface area contributed by atoms with Gasteiger partial charge in [0.15, 0.2) is 17.1 Å². The normalized spacial score (nSPS) is 28.4. The van der Waals surface area contributed by atoms with Gasteiger partial charge in [0, 0.05) is 36.8 Å². The van der Waals surface area contributed by atoms with E-state index in [2.05, 4.69) is 35.9 Å². The third kappa shape index (κ3) is 3.32. The molecule has 2 aromatic rings. The van der Waals surface area contributed by atoms with Crippen molar-refractivity contribution in [3.05, 3.63) is 34.9 Å². The van der Waals surface area contributed by atoms with Crippen LogP contribution in [0.2, 0.25) is 5.02 Å². The van der Waals surface area contributed by atoms with Crippen molar-refractivity contribution in [2.24, 2.45) is 10.8 Å². The van der Waals surface area contributed by atoms with E-state index in [4.69, 9.17) is 16.1 Å². The Labute approximate surface area is 163 Å². The molecule has 1 aromatic carbocycles. The topological polar surface area (TPSA) is 69.8 Å². The van der Waals surface area contributed by atoms with Crippen molar-refractivity contribution in [1.82, 2.24) is 10.1 Å². The Morgan fingerprint density at radius 2 is 1.74 bits per heavy atom. The highest BCUT2D eigenvalue weighted by Crippen LogP contribution is 2.47. The van der Waals surface area contributed by atoms with E-state index in [-0.39, 0.29) is 22.2 Å². The zero-order valence-electron chi connectivity index (χ0n) is 15.8. The van der Waals surface area contributed by atoms with Crippen LogP contribution in [0.15, 0.2) is 28.8 Å². The summed E-state index contributed by atoms with van der Waals surface area (Å²) in [6.45, 7) is 8.05. The van der Waals surface area contributed by atoms with E-state index < -0.39 is 5.97 Å². The van der Waals surface area contributed by atoms with Gasteiger partial charge in [-0.1, -0.05) is 30.6 Å². The molecule has 7 heteroatoms. The van der Waals surface area contributed by atoms with Gasteiger partial charge in [-0.25, -0.2) is 4.79 Å². The fourth-order valence-electron chi connectivity index (χ4n) is 5.33. The van der Waals surface area contributed by atoms with Crippen LogP contribution in [0.3, 0.4) is 0 Å². The maximum Gasteiger partial charge on any atom is 0.343 e. The van der Waals surface area contributed by atoms with E-state index in [0.29, 0.717) is 16.4 Å². The molecule has 2 bridgehead atoms. The quantitative estimate of drug-likeness (QED) is 0.859. The molecular weight excluding hydrogens is 366 g/mol. The third-order valence-electron chi connectivity index (χ3n) is 5.60. The van der Waals surface area contributed by atoms with Gasteiger partial charge in [-0.3, -0.25) is 0 Å². The molecule has 2 atom stereocenters. The first-order valence-corrected chi connectivity index (χ1v) is 9.48. The average molecular weight is 390 g/mol. The molecule has 0 radical (unpaired) electrons. The predicted octanol–water partition coefficient (Wildman–Crippen LogP) is 3.86. The lowest BCUT2D eigenvalue weighted by Crippen LogP contribution is -2.61. The molecule has 0 saturated carbocycles. The van der Waals surface area contributed by atoms with Crippen molar-refractivity contribution in [3.63, 3.8) is 0 Å². The first kappa shape index (κ1) is 18.3. The third-order valence-corrected chi connectivity index (χ3v) is 5.85. The van der Waals surface area contributed by atoms with Crippen molar-refractivity contribution >= 4 is 23.4 Å². The van der Waals surface area contributed by atoms with Gasteiger partial charge in [0.2, 0.25) is 0 Å². The summed E-state index contributed by atoms with van der Waals surface area (Å²) >= 11 is 5.95. The van der Waals surface area contributed by atoms with Gasteiger partial charge in [0.25, 0.3) is 0 Å². The van der Waals surface area contributed by atoms with Gasteiger partial charge >= 0.3 is 5.97 Å². The first-order chi connectivity index (χ1) is 12.7. The second-order valence-electron chi connectivity index (χ2n) is 8.85. The Morgan fingerprint density at radius 1 is 1.15 bits per heavy atom. The number of likely N-dealkylation sites (tertiary alicyclic amines) is 1. The molecule has 0 amide bonds. The maximum atomic E-state index is 12.1. The van der Waals surface area contributed by atoms with Crippen molar-refractivity contribution in [1.29, 1.82) is 0 Å². The van der Waals surface area contributed by atoms with Gasteiger partial charge in [0.1, 0.15) is 0 Å². The van der Waals surface area contributed by atoms with Crippen molar-refractivity contribution < 1.29 is 14.4 Å². The molecule has 1 aromatic heterocycles. The standard InChI is InChI=1S/C20H24ClN3O3/c1-19-8-20(2,10-23(3)9-19)12-24(11-19)17-15(18(25)26)16(27-22-17)13-4-6-14(21)7-5-13/h4-7H,8-12H2,1-3H3,(H,25,26). The summed E-state index contributed by atoms with van der Waals surface area (Å²) in [5.74, 6) is -0.328. The minimum atomic E-state index is -1.03. The van der Waals surface area contributed by atoms with Gasteiger partial charge < -0.3 is 19.4 Å². The monoisotopic (exact) mass is 389 g/mol. The number of aromatic nitrogens is 1. The number of carboxylic acid groups (broad SMARTS) is 1. The van der Waals surface area contributed by atoms with Crippen molar-refractivity contribution in [2.75, 3.05) is 38.1 Å². The summed E-state index contributed by atoms with van der Waals surface area (Å²) in [6.07, 6.45) is 1.13. The van der Waals surface area contributed by atoms with Gasteiger partial charge in [-0.15, -0.1) is 0 Å². The van der Waals surface area contributed by atoms with E-state index >= 15 is 0 Å². The summed E-state index contributed by atoms with van der Waals surface area (Å²) in [6, 6.07) is 6.94. The summed E-state index contributed by atoms with van der Waals surface area (Å²) in [4.78, 5) is 16.6. The predicted molar refractivity (Wildman–Crippen MR) is 104 cm³/mol. The molecule has 1 N–H and O–H groups in total. The first-order valence-electron chi connectivity index (χ1n) is 9.11. The molecule has 0 aliphatic carbocycles. The second kappa shape index (κ2) is 6.24. The molecule has 4 rings (SSSR count). The molecule has 144 valence electrons. The maximum absolute atomic E-state index is 12.1. The van der Waals surface area contributed by atoms with Crippen LogP contribution < -0.4 is 4.90 Å². The number of carbonyl (C=O) groups is 1. The lowest BCUT2D eigenvalue weighted by Gasteiger charge is -2.56.